The molecule has 2 amide bonds. The largest absolute Gasteiger partial charge is 0.494 e. The summed E-state index contributed by atoms with van der Waals surface area (Å²) in [5, 5.41) is 4.21. The number of aryl methyl sites for hydroxylation is 2. The number of nitrogens with zero attached hydrogens (tertiary/aromatic N) is 4. The van der Waals surface area contributed by atoms with Crippen molar-refractivity contribution in [1.82, 2.24) is 20.2 Å². The fourth-order valence-corrected chi connectivity index (χ4v) is 7.40. The first kappa shape index (κ1) is 28.2. The molecule has 2 atom stereocenters. The Balaban J connectivity index is 1.16. The number of rotatable bonds is 8. The van der Waals surface area contributed by atoms with E-state index in [9.17, 15) is 9.59 Å². The number of carbonyl (C=O) groups excluding carboxylic acids is 2. The van der Waals surface area contributed by atoms with Gasteiger partial charge in [0.1, 0.15) is 22.2 Å². The lowest BCUT2D eigenvalue weighted by atomic mass is 9.89. The summed E-state index contributed by atoms with van der Waals surface area (Å²) in [5.74, 6) is 3.10. The number of carbonyl (C=O) groups is 2. The lowest BCUT2D eigenvalue weighted by molar-refractivity contribution is -0.132. The minimum atomic E-state index is -0.507. The van der Waals surface area contributed by atoms with Crippen molar-refractivity contribution in [2.75, 3.05) is 37.7 Å². The van der Waals surface area contributed by atoms with Gasteiger partial charge < -0.3 is 24.3 Å². The topological polar surface area (TPSA) is 101 Å². The highest BCUT2D eigenvalue weighted by Gasteiger charge is 2.30. The summed E-state index contributed by atoms with van der Waals surface area (Å²) in [5.41, 5.74) is 2.26. The number of benzene rings is 1. The maximum Gasteiger partial charge on any atom is 0.287 e. The summed E-state index contributed by atoms with van der Waals surface area (Å²) in [7, 11) is 0. The molecule has 220 valence electrons. The molecule has 1 saturated heterocycles. The third-order valence-electron chi connectivity index (χ3n) is 8.20. The number of piperazine rings is 1. The van der Waals surface area contributed by atoms with Crippen LogP contribution in [0.5, 0.6) is 5.75 Å². The summed E-state index contributed by atoms with van der Waals surface area (Å²) >= 11 is 1.82. The van der Waals surface area contributed by atoms with Crippen molar-refractivity contribution >= 4 is 39.2 Å². The molecule has 1 aromatic carbocycles. The maximum absolute atomic E-state index is 13.6. The van der Waals surface area contributed by atoms with Crippen LogP contribution in [-0.2, 0) is 17.6 Å². The third kappa shape index (κ3) is 5.86. The molecule has 6 rings (SSSR count). The van der Waals surface area contributed by atoms with Gasteiger partial charge in [-0.15, -0.1) is 11.3 Å². The molecule has 2 aliphatic rings. The number of aromatic nitrogens is 2. The van der Waals surface area contributed by atoms with Gasteiger partial charge in [-0.25, -0.2) is 9.97 Å². The van der Waals surface area contributed by atoms with Gasteiger partial charge in [-0.3, -0.25) is 9.59 Å². The van der Waals surface area contributed by atoms with Crippen LogP contribution in [0.25, 0.3) is 10.2 Å². The van der Waals surface area contributed by atoms with E-state index in [0.29, 0.717) is 38.7 Å². The Morgan fingerprint density at radius 2 is 1.93 bits per heavy atom. The molecule has 0 saturated carbocycles. The zero-order valence-electron chi connectivity index (χ0n) is 24.4. The highest BCUT2D eigenvalue weighted by molar-refractivity contribution is 7.19. The predicted octanol–water partition coefficient (Wildman–Crippen LogP) is 5.33. The van der Waals surface area contributed by atoms with Crippen LogP contribution in [0.4, 0.5) is 5.82 Å². The Kier molecular flexibility index (Phi) is 8.15. The third-order valence-corrected chi connectivity index (χ3v) is 9.35. The smallest absolute Gasteiger partial charge is 0.287 e. The molecule has 4 aromatic rings. The number of fused-ring (bicyclic) bond motifs is 3. The molecule has 1 aliphatic carbocycles. The van der Waals surface area contributed by atoms with E-state index < -0.39 is 6.04 Å². The molecule has 10 heteroatoms. The number of amides is 2. The Labute approximate surface area is 249 Å². The summed E-state index contributed by atoms with van der Waals surface area (Å²) in [6.07, 6.45) is 4.99. The van der Waals surface area contributed by atoms with Crippen LogP contribution in [0.15, 0.2) is 47.1 Å². The van der Waals surface area contributed by atoms with E-state index in [1.165, 1.54) is 28.5 Å². The van der Waals surface area contributed by atoms with Gasteiger partial charge in [-0.2, -0.15) is 0 Å². The first-order chi connectivity index (χ1) is 20.4. The highest BCUT2D eigenvalue weighted by atomic mass is 32.1. The van der Waals surface area contributed by atoms with Gasteiger partial charge >= 0.3 is 0 Å². The van der Waals surface area contributed by atoms with Gasteiger partial charge in [0, 0.05) is 31.1 Å². The van der Waals surface area contributed by atoms with E-state index in [1.807, 2.05) is 54.3 Å². The van der Waals surface area contributed by atoms with E-state index in [2.05, 4.69) is 17.1 Å². The Morgan fingerprint density at radius 3 is 2.64 bits per heavy atom. The SMILES string of the molecule is CCOc1ccc([C@@H](CC(=O)N2CCN(c3nc(C)nc4sc5c(c34)CC[C@@H](C)C5)CC2)NC(=O)c2ccco2)cc1. The molecule has 0 unspecified atom stereocenters. The monoisotopic (exact) mass is 587 g/mol. The van der Waals surface area contributed by atoms with Crippen molar-refractivity contribution in [1.29, 1.82) is 0 Å². The normalized spacial score (nSPS) is 17.6. The van der Waals surface area contributed by atoms with Crippen molar-refractivity contribution in [3.05, 3.63) is 70.3 Å². The number of furan rings is 1. The van der Waals surface area contributed by atoms with Gasteiger partial charge in [-0.1, -0.05) is 19.1 Å². The summed E-state index contributed by atoms with van der Waals surface area (Å²) < 4.78 is 10.9. The Morgan fingerprint density at radius 1 is 1.14 bits per heavy atom. The van der Waals surface area contributed by atoms with Crippen LogP contribution in [0.1, 0.15) is 65.1 Å². The minimum absolute atomic E-state index is 0.000746. The summed E-state index contributed by atoms with van der Waals surface area (Å²) in [6.45, 7) is 9.37. The summed E-state index contributed by atoms with van der Waals surface area (Å²) in [6, 6.07) is 10.3. The second-order valence-electron chi connectivity index (χ2n) is 11.2. The first-order valence-corrected chi connectivity index (χ1v) is 15.6. The van der Waals surface area contributed by atoms with Crippen molar-refractivity contribution in [2.24, 2.45) is 5.92 Å². The summed E-state index contributed by atoms with van der Waals surface area (Å²) in [4.78, 5) is 42.9. The van der Waals surface area contributed by atoms with E-state index in [4.69, 9.17) is 19.1 Å². The van der Waals surface area contributed by atoms with Gasteiger partial charge in [0.15, 0.2) is 5.76 Å². The fourth-order valence-electron chi connectivity index (χ4n) is 5.98. The first-order valence-electron chi connectivity index (χ1n) is 14.8. The molecule has 0 spiro atoms. The molecular weight excluding hydrogens is 550 g/mol. The number of ether oxygens (including phenoxy) is 1. The van der Waals surface area contributed by atoms with Crippen LogP contribution in [0, 0.1) is 12.8 Å². The van der Waals surface area contributed by atoms with Crippen LogP contribution >= 0.6 is 11.3 Å². The number of hydrogen-bond acceptors (Lipinski definition) is 8. The zero-order valence-corrected chi connectivity index (χ0v) is 25.2. The highest BCUT2D eigenvalue weighted by Crippen LogP contribution is 2.41. The van der Waals surface area contributed by atoms with Gasteiger partial charge in [-0.05, 0) is 74.4 Å². The molecule has 4 heterocycles. The van der Waals surface area contributed by atoms with Crippen LogP contribution in [-0.4, -0.2) is 59.5 Å². The van der Waals surface area contributed by atoms with Crippen LogP contribution in [0.2, 0.25) is 0 Å². The number of nitrogens with one attached hydrogen (secondary N) is 1. The van der Waals surface area contributed by atoms with E-state index in [1.54, 1.807) is 12.1 Å². The van der Waals surface area contributed by atoms with Crippen molar-refractivity contribution < 1.29 is 18.7 Å². The number of hydrogen-bond donors (Lipinski definition) is 1. The number of thiophene rings is 1. The molecule has 9 nitrogen and oxygen atoms in total. The quantitative estimate of drug-likeness (QED) is 0.298. The van der Waals surface area contributed by atoms with E-state index in [-0.39, 0.29) is 24.0 Å². The molecule has 42 heavy (non-hydrogen) atoms. The molecule has 3 aromatic heterocycles. The lowest BCUT2D eigenvalue weighted by Crippen LogP contribution is -2.49. The zero-order chi connectivity index (χ0) is 29.2. The van der Waals surface area contributed by atoms with Crippen molar-refractivity contribution in [3.63, 3.8) is 0 Å². The fraction of sp³-hybridized carbons (Fsp3) is 0.438. The molecular formula is C32H37N5O4S. The molecule has 1 N–H and O–H groups in total. The Hall–Kier alpha value is -3.92. The second-order valence-corrected chi connectivity index (χ2v) is 12.3. The predicted molar refractivity (Wildman–Crippen MR) is 163 cm³/mol. The van der Waals surface area contributed by atoms with Gasteiger partial charge in [0.25, 0.3) is 5.91 Å². The molecule has 1 fully saturated rings. The van der Waals surface area contributed by atoms with Gasteiger partial charge in [0.05, 0.1) is 30.7 Å². The standard InChI is InChI=1S/C32H37N5O4S/c1-4-40-23-10-8-22(9-11-23)25(35-31(39)26-6-5-17-41-26)19-28(38)36-13-15-37(16-14-36)30-29-24-12-7-20(2)18-27(24)42-32(29)34-21(3)33-30/h5-6,8-11,17,20,25H,4,7,12-16,18-19H2,1-3H3,(H,35,39)/t20-,25-/m1/s1. The lowest BCUT2D eigenvalue weighted by Gasteiger charge is -2.36. The average Bonchev–Trinajstić information content (AvgIpc) is 3.65. The van der Waals surface area contributed by atoms with Gasteiger partial charge in [0.2, 0.25) is 5.91 Å². The average molecular weight is 588 g/mol. The van der Waals surface area contributed by atoms with Crippen LogP contribution < -0.4 is 15.0 Å². The molecule has 0 radical (unpaired) electrons. The van der Waals surface area contributed by atoms with Crippen LogP contribution in [0.3, 0.4) is 0 Å². The van der Waals surface area contributed by atoms with Crippen molar-refractivity contribution in [3.8, 4) is 5.75 Å². The van der Waals surface area contributed by atoms with E-state index >= 15 is 0 Å². The van der Waals surface area contributed by atoms with E-state index in [0.717, 1.165) is 40.6 Å². The Bertz CT molecular complexity index is 1560. The molecule has 0 bridgehead atoms. The number of anilines is 1. The second kappa shape index (κ2) is 12.1. The maximum atomic E-state index is 13.6. The molecule has 1 aliphatic heterocycles. The minimum Gasteiger partial charge on any atom is -0.494 e. The van der Waals surface area contributed by atoms with Crippen molar-refractivity contribution in [2.45, 2.75) is 52.5 Å².